The van der Waals surface area contributed by atoms with Crippen molar-refractivity contribution in [2.24, 2.45) is 0 Å². The maximum Gasteiger partial charge on any atom is 0.311 e. The molecule has 4 nitrogen and oxygen atoms in total. The summed E-state index contributed by atoms with van der Waals surface area (Å²) in [5, 5.41) is 9.22. The van der Waals surface area contributed by atoms with Crippen LogP contribution in [-0.4, -0.2) is 21.8 Å². The number of para-hydroxylation sites is 1. The molecule has 4 heteroatoms. The van der Waals surface area contributed by atoms with Crippen molar-refractivity contribution in [2.45, 2.75) is 6.42 Å². The van der Waals surface area contributed by atoms with E-state index in [9.17, 15) is 9.59 Å². The standard InChI is InChI=1S/C8H7N.C5H6O3/c1-2-4-8-7(3-1)5-6-9-8;1-2-4(6)3-5(7)8/h1-6,9H;2H,1,3H2,(H,7,8). The van der Waals surface area contributed by atoms with Crippen LogP contribution in [0.3, 0.4) is 0 Å². The summed E-state index contributed by atoms with van der Waals surface area (Å²) in [5.74, 6) is -1.58. The predicted octanol–water partition coefficient (Wildman–Crippen LogP) is 2.38. The molecule has 0 atom stereocenters. The normalized spacial score (nSPS) is 9.18. The largest absolute Gasteiger partial charge is 0.481 e. The van der Waals surface area contributed by atoms with Gasteiger partial charge >= 0.3 is 5.97 Å². The molecule has 0 aliphatic carbocycles. The predicted molar refractivity (Wildman–Crippen MR) is 65.8 cm³/mol. The number of aromatic nitrogens is 1. The average molecular weight is 231 g/mol. The number of nitrogens with one attached hydrogen (secondary N) is 1. The van der Waals surface area contributed by atoms with Gasteiger partial charge in [0.2, 0.25) is 0 Å². The Morgan fingerprint density at radius 3 is 2.53 bits per heavy atom. The maximum absolute atomic E-state index is 10.1. The van der Waals surface area contributed by atoms with Crippen molar-refractivity contribution in [2.75, 3.05) is 0 Å². The number of allylic oxidation sites excluding steroid dienone is 1. The zero-order chi connectivity index (χ0) is 12.7. The highest BCUT2D eigenvalue weighted by molar-refractivity contribution is 6.00. The number of H-pyrrole nitrogens is 1. The molecule has 1 aromatic heterocycles. The second kappa shape index (κ2) is 6.27. The quantitative estimate of drug-likeness (QED) is 0.629. The number of hydrogen-bond acceptors (Lipinski definition) is 2. The zero-order valence-corrected chi connectivity index (χ0v) is 9.22. The van der Waals surface area contributed by atoms with Gasteiger partial charge in [-0.2, -0.15) is 0 Å². The lowest BCUT2D eigenvalue weighted by molar-refractivity contribution is -0.139. The fourth-order valence-corrected chi connectivity index (χ4v) is 1.22. The maximum atomic E-state index is 10.1. The molecule has 2 aromatic rings. The Labute approximate surface area is 98.6 Å². The first-order chi connectivity index (χ1) is 8.13. The van der Waals surface area contributed by atoms with Gasteiger partial charge in [-0.15, -0.1) is 0 Å². The van der Waals surface area contributed by atoms with Crippen LogP contribution in [0.2, 0.25) is 0 Å². The third-order valence-corrected chi connectivity index (χ3v) is 2.02. The number of carboxylic acids is 1. The van der Waals surface area contributed by atoms with E-state index in [1.165, 1.54) is 10.9 Å². The molecule has 1 aromatic carbocycles. The van der Waals surface area contributed by atoms with Gasteiger partial charge in [-0.3, -0.25) is 9.59 Å². The minimum absolute atomic E-state index is 0.455. The molecule has 2 rings (SSSR count). The van der Waals surface area contributed by atoms with Crippen LogP contribution in [0, 0.1) is 0 Å². The summed E-state index contributed by atoms with van der Waals surface area (Å²) in [6, 6.07) is 10.3. The highest BCUT2D eigenvalue weighted by Crippen LogP contribution is 2.09. The second-order valence-electron chi connectivity index (χ2n) is 3.31. The van der Waals surface area contributed by atoms with Gasteiger partial charge in [0.1, 0.15) is 6.42 Å². The number of hydrogen-bond donors (Lipinski definition) is 2. The summed E-state index contributed by atoms with van der Waals surface area (Å²) >= 11 is 0. The van der Waals surface area contributed by atoms with E-state index in [2.05, 4.69) is 29.8 Å². The molecule has 1 heterocycles. The van der Waals surface area contributed by atoms with Crippen LogP contribution in [0.5, 0.6) is 0 Å². The van der Waals surface area contributed by atoms with Crippen molar-refractivity contribution < 1.29 is 14.7 Å². The molecule has 0 unspecified atom stereocenters. The first-order valence-electron chi connectivity index (χ1n) is 5.02. The summed E-state index contributed by atoms with van der Waals surface area (Å²) in [4.78, 5) is 22.9. The molecule has 0 fully saturated rings. The highest BCUT2D eigenvalue weighted by Gasteiger charge is 2.00. The molecule has 0 amide bonds. The molecule has 0 aliphatic rings. The first-order valence-corrected chi connectivity index (χ1v) is 5.02. The number of ketones is 1. The van der Waals surface area contributed by atoms with Gasteiger partial charge in [0, 0.05) is 11.7 Å². The van der Waals surface area contributed by atoms with Crippen molar-refractivity contribution in [3.05, 3.63) is 49.2 Å². The van der Waals surface area contributed by atoms with Crippen molar-refractivity contribution in [1.82, 2.24) is 4.98 Å². The fraction of sp³-hybridized carbons (Fsp3) is 0.0769. The van der Waals surface area contributed by atoms with Gasteiger partial charge in [-0.1, -0.05) is 24.8 Å². The van der Waals surface area contributed by atoms with Gasteiger partial charge < -0.3 is 10.1 Å². The SMILES string of the molecule is C=CC(=O)CC(=O)O.c1ccc2[nH]ccc2c1. The van der Waals surface area contributed by atoms with Gasteiger partial charge in [-0.05, 0) is 23.6 Å². The zero-order valence-electron chi connectivity index (χ0n) is 9.22. The van der Waals surface area contributed by atoms with Crippen LogP contribution in [0.1, 0.15) is 6.42 Å². The van der Waals surface area contributed by atoms with Crippen LogP contribution in [0.25, 0.3) is 10.9 Å². The van der Waals surface area contributed by atoms with E-state index in [-0.39, 0.29) is 0 Å². The molecule has 0 bridgehead atoms. The van der Waals surface area contributed by atoms with Crippen LogP contribution < -0.4 is 0 Å². The minimum atomic E-state index is -1.12. The van der Waals surface area contributed by atoms with Crippen LogP contribution >= 0.6 is 0 Å². The first kappa shape index (κ1) is 12.7. The third kappa shape index (κ3) is 4.34. The molecule has 0 radical (unpaired) electrons. The number of aromatic amines is 1. The van der Waals surface area contributed by atoms with Gasteiger partial charge in [0.25, 0.3) is 0 Å². The summed E-state index contributed by atoms with van der Waals surface area (Å²) in [6.45, 7) is 3.10. The molecule has 0 spiro atoms. The Morgan fingerprint density at radius 2 is 2.00 bits per heavy atom. The van der Waals surface area contributed by atoms with Crippen LogP contribution in [0.15, 0.2) is 49.2 Å². The van der Waals surface area contributed by atoms with Gasteiger partial charge in [0.15, 0.2) is 5.78 Å². The Balaban J connectivity index is 0.000000172. The highest BCUT2D eigenvalue weighted by atomic mass is 16.4. The fourth-order valence-electron chi connectivity index (χ4n) is 1.22. The third-order valence-electron chi connectivity index (χ3n) is 2.02. The summed E-state index contributed by atoms with van der Waals surface area (Å²) in [5.41, 5.74) is 1.21. The van der Waals surface area contributed by atoms with E-state index in [4.69, 9.17) is 5.11 Å². The molecular formula is C13H13NO3. The Hall–Kier alpha value is -2.36. The number of fused-ring (bicyclic) bond motifs is 1. The van der Waals surface area contributed by atoms with E-state index in [1.54, 1.807) is 0 Å². The van der Waals surface area contributed by atoms with Crippen LogP contribution in [-0.2, 0) is 9.59 Å². The second-order valence-corrected chi connectivity index (χ2v) is 3.31. The Morgan fingerprint density at radius 1 is 1.29 bits per heavy atom. The summed E-state index contributed by atoms with van der Waals surface area (Å²) < 4.78 is 0. The Kier molecular flexibility index (Phi) is 4.69. The number of benzene rings is 1. The molecule has 88 valence electrons. The van der Waals surface area contributed by atoms with E-state index < -0.39 is 18.2 Å². The lowest BCUT2D eigenvalue weighted by atomic mass is 10.3. The molecule has 0 aliphatic heterocycles. The van der Waals surface area contributed by atoms with Gasteiger partial charge in [0.05, 0.1) is 0 Å². The smallest absolute Gasteiger partial charge is 0.311 e. The number of carbonyl (C=O) groups excluding carboxylic acids is 1. The number of carbonyl (C=O) groups is 2. The van der Waals surface area contributed by atoms with E-state index in [0.717, 1.165) is 6.08 Å². The molecule has 0 saturated heterocycles. The lowest BCUT2D eigenvalue weighted by Crippen LogP contribution is -2.02. The lowest BCUT2D eigenvalue weighted by Gasteiger charge is -1.83. The molecular weight excluding hydrogens is 218 g/mol. The van der Waals surface area contributed by atoms with E-state index in [0.29, 0.717) is 0 Å². The van der Waals surface area contributed by atoms with Crippen molar-refractivity contribution >= 4 is 22.7 Å². The molecule has 0 saturated carbocycles. The number of rotatable bonds is 3. The minimum Gasteiger partial charge on any atom is -0.481 e. The van der Waals surface area contributed by atoms with E-state index in [1.807, 2.05) is 18.3 Å². The van der Waals surface area contributed by atoms with E-state index >= 15 is 0 Å². The Bertz CT molecular complexity index is 498. The summed E-state index contributed by atoms with van der Waals surface area (Å²) in [7, 11) is 0. The van der Waals surface area contributed by atoms with Crippen molar-refractivity contribution in [3.63, 3.8) is 0 Å². The molecule has 2 N–H and O–H groups in total. The number of aliphatic carboxylic acids is 1. The average Bonchev–Trinajstić information content (AvgIpc) is 2.76. The van der Waals surface area contributed by atoms with Gasteiger partial charge in [-0.25, -0.2) is 0 Å². The monoisotopic (exact) mass is 231 g/mol. The summed E-state index contributed by atoms with van der Waals surface area (Å²) in [6.07, 6.45) is 2.49. The molecule has 17 heavy (non-hydrogen) atoms. The van der Waals surface area contributed by atoms with Crippen molar-refractivity contribution in [3.8, 4) is 0 Å². The van der Waals surface area contributed by atoms with Crippen LogP contribution in [0.4, 0.5) is 0 Å². The number of carboxylic acid groups (broad SMARTS) is 1. The van der Waals surface area contributed by atoms with Crippen molar-refractivity contribution in [1.29, 1.82) is 0 Å². The topological polar surface area (TPSA) is 70.2 Å².